The first-order chi connectivity index (χ1) is 14.5. The number of carbonyl (C=O) groups excluding carboxylic acids is 1. The monoisotopic (exact) mass is 409 g/mol. The Bertz CT molecular complexity index is 1090. The zero-order chi connectivity index (χ0) is 21.3. The number of morpholine rings is 1. The smallest absolute Gasteiger partial charge is 0.254 e. The molecular formula is C22H27N5O3. The lowest BCUT2D eigenvalue weighted by Crippen LogP contribution is -2.36. The molecule has 0 radical (unpaired) electrons. The summed E-state index contributed by atoms with van der Waals surface area (Å²) >= 11 is 0. The predicted molar refractivity (Wildman–Crippen MR) is 116 cm³/mol. The van der Waals surface area contributed by atoms with Crippen LogP contribution >= 0.6 is 0 Å². The SMILES string of the molecule is Cc1ccc(O)cc1-n1c(N)c(C(N)=O)c2nc(CCCN3CCOCC3)ccc21. The number of primary amides is 1. The van der Waals surface area contributed by atoms with Gasteiger partial charge in [-0.05, 0) is 50.1 Å². The maximum Gasteiger partial charge on any atom is 0.254 e. The van der Waals surface area contributed by atoms with Crippen molar-refractivity contribution in [3.63, 3.8) is 0 Å². The summed E-state index contributed by atoms with van der Waals surface area (Å²) in [7, 11) is 0. The average molecular weight is 409 g/mol. The Labute approximate surface area is 175 Å². The highest BCUT2D eigenvalue weighted by atomic mass is 16.5. The van der Waals surface area contributed by atoms with Gasteiger partial charge in [-0.3, -0.25) is 19.2 Å². The van der Waals surface area contributed by atoms with Crippen LogP contribution in [-0.4, -0.2) is 58.3 Å². The average Bonchev–Trinajstić information content (AvgIpc) is 3.02. The Balaban J connectivity index is 1.68. The first-order valence-corrected chi connectivity index (χ1v) is 10.2. The van der Waals surface area contributed by atoms with E-state index in [-0.39, 0.29) is 17.1 Å². The van der Waals surface area contributed by atoms with Crippen LogP contribution in [0.2, 0.25) is 0 Å². The van der Waals surface area contributed by atoms with Crippen molar-refractivity contribution in [1.82, 2.24) is 14.5 Å². The van der Waals surface area contributed by atoms with Crippen molar-refractivity contribution in [3.8, 4) is 11.4 Å². The zero-order valence-electron chi connectivity index (χ0n) is 17.1. The molecule has 1 amide bonds. The van der Waals surface area contributed by atoms with Crippen LogP contribution in [0.4, 0.5) is 5.82 Å². The normalized spacial score (nSPS) is 15.0. The van der Waals surface area contributed by atoms with Crippen LogP contribution in [0.3, 0.4) is 0 Å². The summed E-state index contributed by atoms with van der Waals surface area (Å²) in [5, 5.41) is 9.95. The molecule has 0 unspecified atom stereocenters. The number of aromatic nitrogens is 2. The van der Waals surface area contributed by atoms with Crippen LogP contribution < -0.4 is 11.5 Å². The van der Waals surface area contributed by atoms with Crippen LogP contribution in [0.1, 0.15) is 28.0 Å². The Kier molecular flexibility index (Phi) is 5.61. The van der Waals surface area contributed by atoms with Gasteiger partial charge in [0.25, 0.3) is 5.91 Å². The van der Waals surface area contributed by atoms with E-state index < -0.39 is 5.91 Å². The standard InChI is InChI=1S/C22H27N5O3/c1-14-4-6-16(28)13-18(14)27-17-7-5-15(3-2-8-26-9-11-30-12-10-26)25-20(17)19(21(27)23)22(24)29/h4-7,13,28H,2-3,8-12,23H2,1H3,(H2,24,29). The molecule has 1 fully saturated rings. The molecule has 158 valence electrons. The lowest BCUT2D eigenvalue weighted by atomic mass is 10.1. The Morgan fingerprint density at radius 1 is 1.23 bits per heavy atom. The van der Waals surface area contributed by atoms with Gasteiger partial charge in [0.1, 0.15) is 22.6 Å². The number of pyridine rings is 1. The third-order valence-electron chi connectivity index (χ3n) is 5.60. The number of nitrogens with zero attached hydrogens (tertiary/aromatic N) is 3. The number of fused-ring (bicyclic) bond motifs is 1. The molecule has 1 saturated heterocycles. The first kappa shape index (κ1) is 20.2. The summed E-state index contributed by atoms with van der Waals surface area (Å²) in [6, 6.07) is 8.90. The van der Waals surface area contributed by atoms with E-state index >= 15 is 0 Å². The Morgan fingerprint density at radius 3 is 2.73 bits per heavy atom. The highest BCUT2D eigenvalue weighted by Gasteiger charge is 2.22. The van der Waals surface area contributed by atoms with Gasteiger partial charge in [-0.2, -0.15) is 0 Å². The predicted octanol–water partition coefficient (Wildman–Crippen LogP) is 1.99. The molecule has 8 heteroatoms. The molecule has 1 aliphatic rings. The van der Waals surface area contributed by atoms with Gasteiger partial charge in [0.05, 0.1) is 24.4 Å². The molecule has 0 atom stereocenters. The van der Waals surface area contributed by atoms with E-state index in [0.29, 0.717) is 16.7 Å². The molecular weight excluding hydrogens is 382 g/mol. The molecule has 0 saturated carbocycles. The number of ether oxygens (including phenoxy) is 1. The summed E-state index contributed by atoms with van der Waals surface area (Å²) in [5.41, 5.74) is 15.9. The number of carbonyl (C=O) groups is 1. The molecule has 0 spiro atoms. The fourth-order valence-corrected chi connectivity index (χ4v) is 4.01. The van der Waals surface area contributed by atoms with Crippen LogP contribution in [-0.2, 0) is 11.2 Å². The molecule has 3 heterocycles. The molecule has 4 rings (SSSR count). The maximum absolute atomic E-state index is 12.2. The van der Waals surface area contributed by atoms with Crippen molar-refractivity contribution in [1.29, 1.82) is 0 Å². The summed E-state index contributed by atoms with van der Waals surface area (Å²) in [6.45, 7) is 6.39. The number of rotatable bonds is 6. The number of amides is 1. The van der Waals surface area contributed by atoms with E-state index in [4.69, 9.17) is 21.2 Å². The summed E-state index contributed by atoms with van der Waals surface area (Å²) < 4.78 is 7.12. The van der Waals surface area contributed by atoms with Gasteiger partial charge in [-0.1, -0.05) is 6.07 Å². The van der Waals surface area contributed by atoms with Crippen molar-refractivity contribution in [2.75, 3.05) is 38.6 Å². The molecule has 0 bridgehead atoms. The second kappa shape index (κ2) is 8.33. The van der Waals surface area contributed by atoms with Gasteiger partial charge in [0.2, 0.25) is 0 Å². The number of phenols is 1. The quantitative estimate of drug-likeness (QED) is 0.573. The fourth-order valence-electron chi connectivity index (χ4n) is 4.01. The van der Waals surface area contributed by atoms with Gasteiger partial charge in [0.15, 0.2) is 0 Å². The summed E-state index contributed by atoms with van der Waals surface area (Å²) in [6.07, 6.45) is 1.76. The van der Waals surface area contributed by atoms with Gasteiger partial charge in [-0.15, -0.1) is 0 Å². The van der Waals surface area contributed by atoms with Crippen LogP contribution in [0.5, 0.6) is 5.75 Å². The molecule has 1 aliphatic heterocycles. The van der Waals surface area contributed by atoms with E-state index in [1.54, 1.807) is 22.8 Å². The lowest BCUT2D eigenvalue weighted by Gasteiger charge is -2.26. The number of hydrogen-bond donors (Lipinski definition) is 3. The van der Waals surface area contributed by atoms with Gasteiger partial charge in [0, 0.05) is 24.8 Å². The Morgan fingerprint density at radius 2 is 2.00 bits per heavy atom. The highest BCUT2D eigenvalue weighted by Crippen LogP contribution is 2.33. The number of nitrogens with two attached hydrogens (primary N) is 2. The minimum absolute atomic E-state index is 0.116. The van der Waals surface area contributed by atoms with Crippen molar-refractivity contribution >= 4 is 22.8 Å². The molecule has 5 N–H and O–H groups in total. The fraction of sp³-hybridized carbons (Fsp3) is 0.364. The van der Waals surface area contributed by atoms with E-state index in [1.807, 2.05) is 19.1 Å². The Hall–Kier alpha value is -3.10. The van der Waals surface area contributed by atoms with Gasteiger partial charge in [-0.25, -0.2) is 0 Å². The number of phenolic OH excluding ortho intramolecular Hbond substituents is 1. The minimum atomic E-state index is -0.618. The van der Waals surface area contributed by atoms with Crippen LogP contribution in [0, 0.1) is 6.92 Å². The molecule has 3 aromatic rings. The summed E-state index contributed by atoms with van der Waals surface area (Å²) in [5.74, 6) is -0.277. The zero-order valence-corrected chi connectivity index (χ0v) is 17.1. The molecule has 2 aromatic heterocycles. The number of benzene rings is 1. The number of hydrogen-bond acceptors (Lipinski definition) is 6. The molecule has 1 aromatic carbocycles. The number of aryl methyl sites for hydroxylation is 2. The van der Waals surface area contributed by atoms with Crippen LogP contribution in [0.25, 0.3) is 16.7 Å². The summed E-state index contributed by atoms with van der Waals surface area (Å²) in [4.78, 5) is 19.3. The van der Waals surface area contributed by atoms with Gasteiger partial charge < -0.3 is 21.3 Å². The number of anilines is 1. The van der Waals surface area contributed by atoms with E-state index in [1.165, 1.54) is 0 Å². The molecule has 0 aliphatic carbocycles. The highest BCUT2D eigenvalue weighted by molar-refractivity contribution is 6.10. The second-order valence-corrected chi connectivity index (χ2v) is 7.66. The molecule has 30 heavy (non-hydrogen) atoms. The topological polar surface area (TPSA) is 120 Å². The largest absolute Gasteiger partial charge is 0.508 e. The second-order valence-electron chi connectivity index (χ2n) is 7.66. The van der Waals surface area contributed by atoms with Crippen molar-refractivity contribution in [3.05, 3.63) is 47.2 Å². The van der Waals surface area contributed by atoms with Gasteiger partial charge >= 0.3 is 0 Å². The van der Waals surface area contributed by atoms with E-state index in [9.17, 15) is 9.90 Å². The van der Waals surface area contributed by atoms with Crippen molar-refractivity contribution in [2.45, 2.75) is 19.8 Å². The van der Waals surface area contributed by atoms with Crippen LogP contribution in [0.15, 0.2) is 30.3 Å². The maximum atomic E-state index is 12.2. The minimum Gasteiger partial charge on any atom is -0.508 e. The third-order valence-corrected chi connectivity index (χ3v) is 5.60. The third kappa shape index (κ3) is 3.83. The van der Waals surface area contributed by atoms with Crippen molar-refractivity contribution in [2.24, 2.45) is 5.73 Å². The number of aromatic hydroxyl groups is 1. The van der Waals surface area contributed by atoms with E-state index in [0.717, 1.165) is 56.9 Å². The number of nitrogen functional groups attached to an aromatic ring is 1. The molecule has 8 nitrogen and oxygen atoms in total. The lowest BCUT2D eigenvalue weighted by molar-refractivity contribution is 0.0374. The van der Waals surface area contributed by atoms with Crippen molar-refractivity contribution < 1.29 is 14.6 Å². The first-order valence-electron chi connectivity index (χ1n) is 10.2. The van der Waals surface area contributed by atoms with E-state index in [2.05, 4.69) is 4.90 Å².